The molecule has 168 valence electrons. The van der Waals surface area contributed by atoms with Crippen molar-refractivity contribution in [2.24, 2.45) is 4.99 Å². The lowest BCUT2D eigenvalue weighted by Crippen LogP contribution is -2.59. The van der Waals surface area contributed by atoms with Crippen LogP contribution in [-0.4, -0.2) is 83.0 Å². The summed E-state index contributed by atoms with van der Waals surface area (Å²) >= 11 is 0. The van der Waals surface area contributed by atoms with Gasteiger partial charge in [-0.25, -0.2) is 0 Å². The number of likely N-dealkylation sites (N-methyl/N-ethyl adjacent to an activating group) is 1. The number of H-pyrrole nitrogens is 1. The van der Waals surface area contributed by atoms with Crippen LogP contribution < -0.4 is 5.32 Å². The van der Waals surface area contributed by atoms with E-state index in [1.165, 1.54) is 0 Å². The van der Waals surface area contributed by atoms with Gasteiger partial charge in [0.05, 0.1) is 48.2 Å². The Bertz CT molecular complexity index is 1210. The van der Waals surface area contributed by atoms with Crippen molar-refractivity contribution in [1.29, 1.82) is 0 Å². The lowest BCUT2D eigenvalue weighted by molar-refractivity contribution is -0.141. The van der Waals surface area contributed by atoms with Crippen LogP contribution in [0.25, 0.3) is 21.8 Å². The third kappa shape index (κ3) is 3.84. The number of benzene rings is 1. The molecular formula is C24H30N6O2. The number of amides is 1. The van der Waals surface area contributed by atoms with Crippen molar-refractivity contribution >= 4 is 39.2 Å². The van der Waals surface area contributed by atoms with Crippen molar-refractivity contribution < 1.29 is 9.53 Å². The third-order valence-corrected chi connectivity index (χ3v) is 6.39. The quantitative estimate of drug-likeness (QED) is 0.660. The number of amidine groups is 1. The number of hydrogen-bond acceptors (Lipinski definition) is 6. The van der Waals surface area contributed by atoms with Gasteiger partial charge in [-0.15, -0.1) is 0 Å². The number of aromatic nitrogens is 2. The lowest BCUT2D eigenvalue weighted by atomic mass is 10.0. The molecule has 1 atom stereocenters. The van der Waals surface area contributed by atoms with Gasteiger partial charge in [-0.05, 0) is 44.5 Å². The molecule has 5 rings (SSSR count). The first-order chi connectivity index (χ1) is 15.3. The molecule has 4 heterocycles. The summed E-state index contributed by atoms with van der Waals surface area (Å²) < 4.78 is 6.05. The Balaban J connectivity index is 1.44. The van der Waals surface area contributed by atoms with Gasteiger partial charge in [0.2, 0.25) is 5.91 Å². The Kier molecular flexibility index (Phi) is 5.14. The van der Waals surface area contributed by atoms with E-state index in [9.17, 15) is 4.79 Å². The minimum atomic E-state index is -0.388. The monoisotopic (exact) mass is 434 g/mol. The van der Waals surface area contributed by atoms with Crippen LogP contribution in [0.5, 0.6) is 0 Å². The van der Waals surface area contributed by atoms with E-state index in [1.54, 1.807) is 6.20 Å². The van der Waals surface area contributed by atoms with Crippen LogP contribution in [0, 0.1) is 6.92 Å². The Morgan fingerprint density at radius 1 is 1.34 bits per heavy atom. The summed E-state index contributed by atoms with van der Waals surface area (Å²) in [6.07, 6.45) is 3.60. The van der Waals surface area contributed by atoms with E-state index in [0.29, 0.717) is 19.7 Å². The van der Waals surface area contributed by atoms with Crippen molar-refractivity contribution in [2.75, 3.05) is 45.2 Å². The molecule has 2 aliphatic rings. The molecule has 3 aromatic rings. The Hall–Kier alpha value is -2.97. The number of anilines is 1. The molecule has 1 aromatic carbocycles. The lowest BCUT2D eigenvalue weighted by Gasteiger charge is -2.43. The van der Waals surface area contributed by atoms with Gasteiger partial charge >= 0.3 is 0 Å². The third-order valence-electron chi connectivity index (χ3n) is 6.39. The zero-order valence-electron chi connectivity index (χ0n) is 19.1. The van der Waals surface area contributed by atoms with Crippen molar-refractivity contribution in [3.05, 3.63) is 36.2 Å². The zero-order valence-corrected chi connectivity index (χ0v) is 19.1. The van der Waals surface area contributed by atoms with Crippen LogP contribution in [-0.2, 0) is 9.53 Å². The highest BCUT2D eigenvalue weighted by Gasteiger charge is 2.38. The molecule has 0 aliphatic carbocycles. The van der Waals surface area contributed by atoms with Gasteiger partial charge in [0.15, 0.2) is 0 Å². The largest absolute Gasteiger partial charge is 0.372 e. The number of aromatic amines is 1. The number of rotatable bonds is 4. The molecule has 2 aromatic heterocycles. The van der Waals surface area contributed by atoms with Gasteiger partial charge in [-0.3, -0.25) is 19.7 Å². The van der Waals surface area contributed by atoms with Gasteiger partial charge in [-0.2, -0.15) is 0 Å². The Labute approximate surface area is 187 Å². The predicted molar refractivity (Wildman–Crippen MR) is 127 cm³/mol. The maximum Gasteiger partial charge on any atom is 0.244 e. The first kappa shape index (κ1) is 20.9. The predicted octanol–water partition coefficient (Wildman–Crippen LogP) is 2.79. The van der Waals surface area contributed by atoms with Gasteiger partial charge in [0.1, 0.15) is 11.9 Å². The van der Waals surface area contributed by atoms with Crippen LogP contribution in [0.1, 0.15) is 19.4 Å². The standard InChI is InChI=1S/C24H30N6O2/c1-15-9-17-16-5-6-25-11-19(16)27-22(17)18(10-15)28-23(31)20-13-32-24(2,3)14-30(20)12-21-26-7-8-29(21)4/h5-6,9-11,20,27H,7-8,12-14H2,1-4H3,(H,28,31). The van der Waals surface area contributed by atoms with E-state index < -0.39 is 0 Å². The summed E-state index contributed by atoms with van der Waals surface area (Å²) in [5.74, 6) is 0.965. The molecule has 0 saturated carbocycles. The van der Waals surface area contributed by atoms with Gasteiger partial charge in [-0.1, -0.05) is 0 Å². The second-order valence-electron chi connectivity index (χ2n) is 9.48. The fraction of sp³-hybridized carbons (Fsp3) is 0.458. The van der Waals surface area contributed by atoms with Crippen LogP contribution in [0.2, 0.25) is 0 Å². The number of carbonyl (C=O) groups excluding carboxylic acids is 1. The van der Waals surface area contributed by atoms with E-state index in [4.69, 9.17) is 4.74 Å². The van der Waals surface area contributed by atoms with E-state index in [0.717, 1.165) is 52.0 Å². The highest BCUT2D eigenvalue weighted by Crippen LogP contribution is 2.32. The molecule has 8 nitrogen and oxygen atoms in total. The number of aliphatic imine (C=N–C) groups is 1. The number of pyridine rings is 1. The number of nitrogens with one attached hydrogen (secondary N) is 2. The molecular weight excluding hydrogens is 404 g/mol. The van der Waals surface area contributed by atoms with E-state index in [2.05, 4.69) is 57.0 Å². The Morgan fingerprint density at radius 2 is 2.19 bits per heavy atom. The molecule has 32 heavy (non-hydrogen) atoms. The van der Waals surface area contributed by atoms with E-state index in [-0.39, 0.29) is 17.6 Å². The summed E-state index contributed by atoms with van der Waals surface area (Å²) in [7, 11) is 2.06. The molecule has 8 heteroatoms. The normalized spacial score (nSPS) is 21.3. The Morgan fingerprint density at radius 3 is 2.97 bits per heavy atom. The topological polar surface area (TPSA) is 85.9 Å². The average molecular weight is 435 g/mol. The molecule has 1 fully saturated rings. The van der Waals surface area contributed by atoms with Crippen LogP contribution in [0.15, 0.2) is 35.6 Å². The number of fused-ring (bicyclic) bond motifs is 3. The SMILES string of the molecule is Cc1cc(NC(=O)C2COC(C)(C)CN2CC2=NCCN2C)c2[nH]c3cnccc3c2c1. The highest BCUT2D eigenvalue weighted by molar-refractivity contribution is 6.13. The molecule has 0 bridgehead atoms. The molecule has 1 unspecified atom stereocenters. The van der Waals surface area contributed by atoms with Crippen LogP contribution >= 0.6 is 0 Å². The first-order valence-corrected chi connectivity index (χ1v) is 11.1. The fourth-order valence-corrected chi connectivity index (χ4v) is 4.71. The number of carbonyl (C=O) groups is 1. The van der Waals surface area contributed by atoms with Crippen LogP contribution in [0.3, 0.4) is 0 Å². The maximum absolute atomic E-state index is 13.5. The number of morpholine rings is 1. The fourth-order valence-electron chi connectivity index (χ4n) is 4.71. The number of nitrogens with zero attached hydrogens (tertiary/aromatic N) is 4. The van der Waals surface area contributed by atoms with E-state index in [1.807, 2.05) is 25.3 Å². The van der Waals surface area contributed by atoms with Crippen molar-refractivity contribution in [1.82, 2.24) is 19.8 Å². The summed E-state index contributed by atoms with van der Waals surface area (Å²) in [4.78, 5) is 30.1. The van der Waals surface area contributed by atoms with Gasteiger partial charge < -0.3 is 19.9 Å². The van der Waals surface area contributed by atoms with Crippen LogP contribution in [0.4, 0.5) is 5.69 Å². The summed E-state index contributed by atoms with van der Waals surface area (Å²) in [5, 5.41) is 5.36. The number of hydrogen-bond donors (Lipinski definition) is 2. The molecule has 0 radical (unpaired) electrons. The highest BCUT2D eigenvalue weighted by atomic mass is 16.5. The summed E-state index contributed by atoms with van der Waals surface area (Å²) in [5.41, 5.74) is 3.42. The van der Waals surface area contributed by atoms with Gasteiger partial charge in [0, 0.05) is 37.1 Å². The molecule has 1 amide bonds. The number of ether oxygens (including phenoxy) is 1. The van der Waals surface area contributed by atoms with Gasteiger partial charge in [0.25, 0.3) is 0 Å². The minimum absolute atomic E-state index is 0.0644. The molecule has 0 spiro atoms. The second kappa shape index (κ2) is 7.86. The van der Waals surface area contributed by atoms with E-state index >= 15 is 0 Å². The van der Waals surface area contributed by atoms with Crippen molar-refractivity contribution in [2.45, 2.75) is 32.4 Å². The minimum Gasteiger partial charge on any atom is -0.372 e. The van der Waals surface area contributed by atoms with Crippen molar-refractivity contribution in [3.63, 3.8) is 0 Å². The second-order valence-corrected chi connectivity index (χ2v) is 9.48. The summed E-state index contributed by atoms with van der Waals surface area (Å²) in [6, 6.07) is 5.75. The smallest absolute Gasteiger partial charge is 0.244 e. The first-order valence-electron chi connectivity index (χ1n) is 11.1. The zero-order chi connectivity index (χ0) is 22.5. The maximum atomic E-state index is 13.5. The molecule has 2 N–H and O–H groups in total. The molecule has 2 aliphatic heterocycles. The summed E-state index contributed by atoms with van der Waals surface area (Å²) in [6.45, 7) is 9.57. The van der Waals surface area contributed by atoms with Crippen molar-refractivity contribution in [3.8, 4) is 0 Å². The molecule has 1 saturated heterocycles. The average Bonchev–Trinajstić information content (AvgIpc) is 3.31. The number of aryl methyl sites for hydroxylation is 1.